The van der Waals surface area contributed by atoms with E-state index in [9.17, 15) is 21.6 Å². The van der Waals surface area contributed by atoms with Crippen LogP contribution in [0.4, 0.5) is 19.0 Å². The number of halogens is 4. The monoisotopic (exact) mass is 446 g/mol. The molecule has 2 aromatic heterocycles. The first kappa shape index (κ1) is 21.4. The summed E-state index contributed by atoms with van der Waals surface area (Å²) in [6.07, 6.45) is -2.03. The minimum absolute atomic E-state index is 0. The van der Waals surface area contributed by atoms with Crippen molar-refractivity contribution in [3.63, 3.8) is 0 Å². The van der Waals surface area contributed by atoms with Crippen LogP contribution in [0.3, 0.4) is 0 Å². The van der Waals surface area contributed by atoms with E-state index >= 15 is 0 Å². The minimum Gasteiger partial charge on any atom is -0.354 e. The number of hydrogen-bond acceptors (Lipinski definition) is 5. The van der Waals surface area contributed by atoms with E-state index in [1.807, 2.05) is 4.90 Å². The number of piperazine rings is 1. The Morgan fingerprint density at radius 2 is 1.72 bits per heavy atom. The highest BCUT2D eigenvalue weighted by Crippen LogP contribution is 2.36. The van der Waals surface area contributed by atoms with Gasteiger partial charge in [-0.2, -0.15) is 13.2 Å². The summed E-state index contributed by atoms with van der Waals surface area (Å²) < 4.78 is 67.1. The lowest BCUT2D eigenvalue weighted by atomic mass is 10.2. The van der Waals surface area contributed by atoms with Gasteiger partial charge in [0.2, 0.25) is 0 Å². The SMILES string of the molecule is Cl.O=S(=O)(c1ccccc1C(F)(F)F)n1ccc2c(N3CCNCC3)nccc21. The summed E-state index contributed by atoms with van der Waals surface area (Å²) in [6.45, 7) is 2.97. The van der Waals surface area contributed by atoms with E-state index in [-0.39, 0.29) is 12.4 Å². The zero-order chi connectivity index (χ0) is 19.9. The quantitative estimate of drug-likeness (QED) is 0.669. The van der Waals surface area contributed by atoms with Crippen molar-refractivity contribution >= 4 is 39.2 Å². The Labute approximate surface area is 171 Å². The third-order valence-electron chi connectivity index (χ3n) is 4.71. The fourth-order valence-electron chi connectivity index (χ4n) is 3.40. The molecule has 156 valence electrons. The van der Waals surface area contributed by atoms with Crippen molar-refractivity contribution in [2.75, 3.05) is 31.1 Å². The maximum Gasteiger partial charge on any atom is 0.417 e. The molecule has 29 heavy (non-hydrogen) atoms. The molecule has 0 unspecified atom stereocenters. The van der Waals surface area contributed by atoms with Gasteiger partial charge in [-0.05, 0) is 24.3 Å². The number of pyridine rings is 1. The molecule has 1 N–H and O–H groups in total. The summed E-state index contributed by atoms with van der Waals surface area (Å²) in [7, 11) is -4.45. The Morgan fingerprint density at radius 3 is 2.41 bits per heavy atom. The molecule has 3 heterocycles. The maximum atomic E-state index is 13.3. The average molecular weight is 447 g/mol. The van der Waals surface area contributed by atoms with E-state index in [4.69, 9.17) is 0 Å². The number of nitrogens with one attached hydrogen (secondary N) is 1. The number of hydrogen-bond donors (Lipinski definition) is 1. The molecule has 0 amide bonds. The third kappa shape index (κ3) is 3.79. The van der Waals surface area contributed by atoms with Gasteiger partial charge < -0.3 is 10.2 Å². The van der Waals surface area contributed by atoms with Crippen molar-refractivity contribution in [3.8, 4) is 0 Å². The van der Waals surface area contributed by atoms with E-state index in [0.29, 0.717) is 29.8 Å². The Kier molecular flexibility index (Phi) is 5.79. The fraction of sp³-hybridized carbons (Fsp3) is 0.278. The molecule has 6 nitrogen and oxygen atoms in total. The number of benzene rings is 1. The summed E-state index contributed by atoms with van der Waals surface area (Å²) in [6, 6.07) is 7.26. The van der Waals surface area contributed by atoms with E-state index < -0.39 is 26.7 Å². The molecule has 0 radical (unpaired) electrons. The van der Waals surface area contributed by atoms with Crippen LogP contribution in [0, 0.1) is 0 Å². The molecule has 0 saturated carbocycles. The van der Waals surface area contributed by atoms with Gasteiger partial charge in [0, 0.05) is 44.0 Å². The van der Waals surface area contributed by atoms with Gasteiger partial charge in [-0.3, -0.25) is 0 Å². The zero-order valence-electron chi connectivity index (χ0n) is 15.1. The number of nitrogens with zero attached hydrogens (tertiary/aromatic N) is 3. The standard InChI is InChI=1S/C18H17F3N4O2S.ClH/c19-18(20,21)14-3-1-2-4-16(14)28(26,27)25-10-6-13-15(25)5-7-23-17(13)24-11-8-22-9-12-24;/h1-7,10,22H,8-9,11-12H2;1H. The minimum atomic E-state index is -4.78. The molecule has 1 aromatic carbocycles. The first-order chi connectivity index (χ1) is 13.3. The number of rotatable bonds is 3. The van der Waals surface area contributed by atoms with E-state index in [1.54, 1.807) is 6.07 Å². The van der Waals surface area contributed by atoms with Crippen molar-refractivity contribution in [3.05, 3.63) is 54.4 Å². The first-order valence-corrected chi connectivity index (χ1v) is 10.1. The van der Waals surface area contributed by atoms with Crippen LogP contribution in [0.1, 0.15) is 5.56 Å². The van der Waals surface area contributed by atoms with Crippen molar-refractivity contribution < 1.29 is 21.6 Å². The molecule has 0 spiro atoms. The van der Waals surface area contributed by atoms with Crippen molar-refractivity contribution in [2.45, 2.75) is 11.1 Å². The van der Waals surface area contributed by atoms with Gasteiger partial charge >= 0.3 is 6.18 Å². The molecule has 1 saturated heterocycles. The maximum absolute atomic E-state index is 13.3. The second-order valence-electron chi connectivity index (χ2n) is 6.41. The molecule has 3 aromatic rings. The molecular formula is C18H18ClF3N4O2S. The molecule has 0 aliphatic carbocycles. The molecule has 1 aliphatic rings. The zero-order valence-corrected chi connectivity index (χ0v) is 16.7. The third-order valence-corrected chi connectivity index (χ3v) is 6.45. The smallest absolute Gasteiger partial charge is 0.354 e. The van der Waals surface area contributed by atoms with Crippen LogP contribution >= 0.6 is 12.4 Å². The second kappa shape index (κ2) is 7.85. The van der Waals surface area contributed by atoms with Crippen LogP contribution in [0.2, 0.25) is 0 Å². The van der Waals surface area contributed by atoms with E-state index in [2.05, 4.69) is 10.3 Å². The Balaban J connectivity index is 0.00000240. The van der Waals surface area contributed by atoms with Gasteiger partial charge in [-0.1, -0.05) is 12.1 Å². The van der Waals surface area contributed by atoms with Crippen molar-refractivity contribution in [1.82, 2.24) is 14.3 Å². The van der Waals surface area contributed by atoms with Crippen LogP contribution < -0.4 is 10.2 Å². The molecule has 0 bridgehead atoms. The van der Waals surface area contributed by atoms with Gasteiger partial charge in [-0.25, -0.2) is 17.4 Å². The normalized spacial score (nSPS) is 15.3. The lowest BCUT2D eigenvalue weighted by Crippen LogP contribution is -2.43. The average Bonchev–Trinajstić information content (AvgIpc) is 3.13. The first-order valence-electron chi connectivity index (χ1n) is 8.64. The topological polar surface area (TPSA) is 67.2 Å². The number of aromatic nitrogens is 2. The van der Waals surface area contributed by atoms with Gasteiger partial charge in [0.15, 0.2) is 0 Å². The number of alkyl halides is 3. The Bertz CT molecular complexity index is 1130. The van der Waals surface area contributed by atoms with Crippen LogP contribution in [-0.4, -0.2) is 43.6 Å². The summed E-state index contributed by atoms with van der Waals surface area (Å²) in [5.74, 6) is 0.622. The number of fused-ring (bicyclic) bond motifs is 1. The van der Waals surface area contributed by atoms with Gasteiger partial charge in [-0.15, -0.1) is 12.4 Å². The van der Waals surface area contributed by atoms with Crippen LogP contribution in [0.25, 0.3) is 10.9 Å². The second-order valence-corrected chi connectivity index (χ2v) is 8.20. The lowest BCUT2D eigenvalue weighted by molar-refractivity contribution is -0.139. The highest BCUT2D eigenvalue weighted by molar-refractivity contribution is 7.90. The number of anilines is 1. The summed E-state index contributed by atoms with van der Waals surface area (Å²) in [5, 5.41) is 3.81. The van der Waals surface area contributed by atoms with Crippen LogP contribution in [0.15, 0.2) is 53.7 Å². The summed E-state index contributed by atoms with van der Waals surface area (Å²) >= 11 is 0. The van der Waals surface area contributed by atoms with Gasteiger partial charge in [0.1, 0.15) is 10.7 Å². The lowest BCUT2D eigenvalue weighted by Gasteiger charge is -2.28. The van der Waals surface area contributed by atoms with E-state index in [0.717, 1.165) is 29.2 Å². The molecule has 4 rings (SSSR count). The Hall–Kier alpha value is -2.30. The highest BCUT2D eigenvalue weighted by atomic mass is 35.5. The predicted molar refractivity (Wildman–Crippen MR) is 106 cm³/mol. The largest absolute Gasteiger partial charge is 0.417 e. The van der Waals surface area contributed by atoms with E-state index in [1.165, 1.54) is 30.6 Å². The summed E-state index contributed by atoms with van der Waals surface area (Å²) in [4.78, 5) is 5.62. The molecule has 1 aliphatic heterocycles. The van der Waals surface area contributed by atoms with Crippen LogP contribution in [0.5, 0.6) is 0 Å². The van der Waals surface area contributed by atoms with Gasteiger partial charge in [0.05, 0.1) is 11.1 Å². The van der Waals surface area contributed by atoms with Crippen molar-refractivity contribution in [1.29, 1.82) is 0 Å². The molecule has 1 fully saturated rings. The fourth-order valence-corrected chi connectivity index (χ4v) is 4.96. The molecular weight excluding hydrogens is 429 g/mol. The van der Waals surface area contributed by atoms with Crippen molar-refractivity contribution in [2.24, 2.45) is 0 Å². The molecule has 0 atom stereocenters. The van der Waals surface area contributed by atoms with Crippen LogP contribution in [-0.2, 0) is 16.2 Å². The summed E-state index contributed by atoms with van der Waals surface area (Å²) in [5.41, 5.74) is -0.895. The predicted octanol–water partition coefficient (Wildman–Crippen LogP) is 3.12. The highest BCUT2D eigenvalue weighted by Gasteiger charge is 2.37. The Morgan fingerprint density at radius 1 is 1.03 bits per heavy atom. The molecule has 11 heteroatoms. The van der Waals surface area contributed by atoms with Gasteiger partial charge in [0.25, 0.3) is 10.0 Å².